The maximum absolute atomic E-state index is 9.75. The van der Waals surface area contributed by atoms with Crippen LogP contribution < -0.4 is 4.09 Å². The lowest BCUT2D eigenvalue weighted by Gasteiger charge is -1.94. The van der Waals surface area contributed by atoms with Crippen molar-refractivity contribution < 1.29 is 21.3 Å². The number of aromatic nitrogens is 2. The molecule has 1 rings (SSSR count). The summed E-state index contributed by atoms with van der Waals surface area (Å²) in [4.78, 5) is 0. The first kappa shape index (κ1) is 12.2. The number of halogens is 4. The smallest absolute Gasteiger partial charge is 0.418 e. The van der Waals surface area contributed by atoms with Crippen molar-refractivity contribution in [2.45, 2.75) is 0 Å². The minimum Gasteiger partial charge on any atom is -0.418 e. The molecule has 0 aliphatic heterocycles. The lowest BCUT2D eigenvalue weighted by atomic mass is 10.3. The topological polar surface area (TPSA) is 16.8 Å². The van der Waals surface area contributed by atoms with Crippen LogP contribution in [-0.2, 0) is 0 Å². The predicted molar refractivity (Wildman–Crippen MR) is 43.5 cm³/mol. The molecule has 8 heteroatoms. The Hall–Kier alpha value is -0.785. The van der Waals surface area contributed by atoms with Crippen LogP contribution in [0.3, 0.4) is 0 Å². The highest BCUT2D eigenvalue weighted by molar-refractivity contribution is 7.92. The number of hydrogen-bond donors (Lipinski definition) is 0. The Bertz CT molecular complexity index is 224. The average Bonchev–Trinajstić information content (AvgIpc) is 2.03. The normalized spacial score (nSPS) is 10.2. The molecule has 0 bridgehead atoms. The molecule has 0 fully saturated rings. The molecule has 2 nitrogen and oxygen atoms in total. The van der Waals surface area contributed by atoms with Gasteiger partial charge in [-0.15, -0.1) is 0 Å². The van der Waals surface area contributed by atoms with Crippen LogP contribution in [0.2, 0.25) is 0 Å². The van der Waals surface area contributed by atoms with Gasteiger partial charge in [0.2, 0.25) is 6.20 Å². The van der Waals surface area contributed by atoms with Gasteiger partial charge in [0.15, 0.2) is 11.9 Å². The molecule has 0 saturated carbocycles. The lowest BCUT2D eigenvalue weighted by molar-refractivity contribution is -0.564. The van der Waals surface area contributed by atoms with Crippen molar-refractivity contribution in [3.8, 4) is 0 Å². The van der Waals surface area contributed by atoms with Gasteiger partial charge < -0.3 is 17.3 Å². The molecule has 0 aliphatic rings. The first-order chi connectivity index (χ1) is 5.93. The summed E-state index contributed by atoms with van der Waals surface area (Å²) in [6, 6.07) is 3.84. The maximum atomic E-state index is 9.75. The zero-order valence-electron chi connectivity index (χ0n) is 6.70. The fraction of sp³-hybridized carbons (Fsp3) is 0.200. The summed E-state index contributed by atoms with van der Waals surface area (Å²) in [5.41, 5.74) is 0. The molecular formula is C5H7BF4N2S. The molecule has 0 N–H and O–H groups in total. The van der Waals surface area contributed by atoms with E-state index in [-0.39, 0.29) is 0 Å². The Morgan fingerprint density at radius 1 is 1.23 bits per heavy atom. The molecule has 1 heterocycles. The molecule has 0 aliphatic carbocycles. The van der Waals surface area contributed by atoms with E-state index in [4.69, 9.17) is 0 Å². The van der Waals surface area contributed by atoms with E-state index in [1.807, 2.05) is 24.6 Å². The van der Waals surface area contributed by atoms with Crippen LogP contribution in [0.5, 0.6) is 0 Å². The van der Waals surface area contributed by atoms with Gasteiger partial charge in [-0.3, -0.25) is 0 Å². The minimum atomic E-state index is -6.00. The van der Waals surface area contributed by atoms with Gasteiger partial charge in [0.25, 0.3) is 0 Å². The van der Waals surface area contributed by atoms with Crippen molar-refractivity contribution >= 4 is 19.2 Å². The highest BCUT2D eigenvalue weighted by Gasteiger charge is 2.20. The quantitative estimate of drug-likeness (QED) is 0.402. The van der Waals surface area contributed by atoms with Crippen molar-refractivity contribution in [2.24, 2.45) is 0 Å². The fourth-order valence-electron chi connectivity index (χ4n) is 0.424. The number of hydrogen-bond acceptors (Lipinski definition) is 2. The van der Waals surface area contributed by atoms with Crippen molar-refractivity contribution in [1.29, 1.82) is 0 Å². The van der Waals surface area contributed by atoms with Gasteiger partial charge in [-0.2, -0.15) is 0 Å². The zero-order chi connectivity index (χ0) is 10.3. The second-order valence-corrected chi connectivity index (χ2v) is 2.52. The van der Waals surface area contributed by atoms with Gasteiger partial charge in [-0.1, -0.05) is 0 Å². The zero-order valence-corrected chi connectivity index (χ0v) is 7.52. The standard InChI is InChI=1S/C5H7N2S.BF4/c1-8-7-5-3-2-4-6-7;2-1(3,4)5/h2-5H,1H3;/q+1;-1. The largest absolute Gasteiger partial charge is 0.673 e. The molecule has 0 aromatic carbocycles. The van der Waals surface area contributed by atoms with E-state index in [0.717, 1.165) is 0 Å². The molecule has 0 spiro atoms. The summed E-state index contributed by atoms with van der Waals surface area (Å²) in [6.45, 7) is 0. The van der Waals surface area contributed by atoms with E-state index in [0.29, 0.717) is 0 Å². The fourth-order valence-corrected chi connectivity index (χ4v) is 0.764. The molecular weight excluding hydrogens is 207 g/mol. The second-order valence-electron chi connectivity index (χ2n) is 1.78. The summed E-state index contributed by atoms with van der Waals surface area (Å²) in [5.74, 6) is 0. The molecule has 74 valence electrons. The van der Waals surface area contributed by atoms with Gasteiger partial charge in [-0.05, 0) is 10.2 Å². The van der Waals surface area contributed by atoms with Crippen molar-refractivity contribution in [2.75, 3.05) is 6.26 Å². The van der Waals surface area contributed by atoms with E-state index in [1.54, 1.807) is 22.2 Å². The van der Waals surface area contributed by atoms with Gasteiger partial charge in [0.05, 0.1) is 12.5 Å². The van der Waals surface area contributed by atoms with Crippen LogP contribution in [0, 0.1) is 0 Å². The summed E-state index contributed by atoms with van der Waals surface area (Å²) in [6.07, 6.45) is 5.65. The lowest BCUT2D eigenvalue weighted by Crippen LogP contribution is -2.27. The monoisotopic (exact) mass is 214 g/mol. The van der Waals surface area contributed by atoms with E-state index in [2.05, 4.69) is 5.10 Å². The Morgan fingerprint density at radius 3 is 2.00 bits per heavy atom. The van der Waals surface area contributed by atoms with Gasteiger partial charge in [0.1, 0.15) is 0 Å². The third-order valence-electron chi connectivity index (χ3n) is 0.778. The molecule has 0 saturated heterocycles. The molecule has 13 heavy (non-hydrogen) atoms. The minimum absolute atomic E-state index is 1.57. The van der Waals surface area contributed by atoms with Gasteiger partial charge in [0, 0.05) is 11.2 Å². The Morgan fingerprint density at radius 2 is 1.77 bits per heavy atom. The van der Waals surface area contributed by atoms with Crippen LogP contribution in [0.25, 0.3) is 0 Å². The highest BCUT2D eigenvalue weighted by atomic mass is 32.2. The summed E-state index contributed by atoms with van der Waals surface area (Å²) >= 11 is 1.57. The van der Waals surface area contributed by atoms with Crippen LogP contribution in [0.1, 0.15) is 0 Å². The number of nitrogens with zero attached hydrogens (tertiary/aromatic N) is 2. The Kier molecular flexibility index (Phi) is 5.44. The third kappa shape index (κ3) is 11.2. The average molecular weight is 214 g/mol. The third-order valence-corrected chi connectivity index (χ3v) is 1.37. The summed E-state index contributed by atoms with van der Waals surface area (Å²) in [5, 5.41) is 3.98. The van der Waals surface area contributed by atoms with E-state index in [1.165, 1.54) is 0 Å². The maximum Gasteiger partial charge on any atom is 0.673 e. The molecule has 0 amide bonds. The molecule has 0 unspecified atom stereocenters. The predicted octanol–water partition coefficient (Wildman–Crippen LogP) is 1.80. The summed E-state index contributed by atoms with van der Waals surface area (Å²) in [7, 11) is -6.00. The van der Waals surface area contributed by atoms with Gasteiger partial charge in [-0.25, -0.2) is 0 Å². The highest BCUT2D eigenvalue weighted by Crippen LogP contribution is 2.06. The number of rotatable bonds is 1. The Labute approximate surface area is 77.2 Å². The SMILES string of the molecule is CS[n+]1ccccn1.F[B-](F)(F)F. The first-order valence-electron chi connectivity index (χ1n) is 3.18. The van der Waals surface area contributed by atoms with E-state index >= 15 is 0 Å². The van der Waals surface area contributed by atoms with Gasteiger partial charge >= 0.3 is 7.25 Å². The molecule has 1 aromatic rings. The van der Waals surface area contributed by atoms with Crippen molar-refractivity contribution in [1.82, 2.24) is 5.10 Å². The van der Waals surface area contributed by atoms with Crippen molar-refractivity contribution in [3.05, 3.63) is 24.5 Å². The molecule has 0 radical (unpaired) electrons. The second kappa shape index (κ2) is 5.79. The van der Waals surface area contributed by atoms with Crippen LogP contribution in [0.4, 0.5) is 17.3 Å². The molecule has 1 aromatic heterocycles. The van der Waals surface area contributed by atoms with E-state index in [9.17, 15) is 17.3 Å². The van der Waals surface area contributed by atoms with Crippen LogP contribution in [0.15, 0.2) is 24.5 Å². The first-order valence-corrected chi connectivity index (χ1v) is 4.36. The van der Waals surface area contributed by atoms with Crippen molar-refractivity contribution in [3.63, 3.8) is 0 Å². The van der Waals surface area contributed by atoms with Crippen LogP contribution in [-0.4, -0.2) is 18.6 Å². The Balaban J connectivity index is 0.000000252. The van der Waals surface area contributed by atoms with E-state index < -0.39 is 7.25 Å². The summed E-state index contributed by atoms with van der Waals surface area (Å²) < 4.78 is 40.8. The van der Waals surface area contributed by atoms with Crippen LogP contribution >= 0.6 is 11.9 Å². The molecule has 0 atom stereocenters.